The number of hydrogen-bond donors (Lipinski definition) is 2. The number of anilines is 1. The minimum atomic E-state index is -1.01. The van der Waals surface area contributed by atoms with Gasteiger partial charge in [0.25, 0.3) is 5.91 Å². The number of halogens is 2. The molecule has 4 rings (SSSR count). The Kier molecular flexibility index (Phi) is 4.77. The Morgan fingerprint density at radius 2 is 1.82 bits per heavy atom. The van der Waals surface area contributed by atoms with Crippen molar-refractivity contribution in [2.75, 3.05) is 18.4 Å². The topological polar surface area (TPSA) is 78.1 Å². The summed E-state index contributed by atoms with van der Waals surface area (Å²) >= 11 is 0. The molecule has 1 aromatic heterocycles. The number of aromatic nitrogens is 2. The van der Waals surface area contributed by atoms with Gasteiger partial charge in [0.1, 0.15) is 0 Å². The first-order valence-electron chi connectivity index (χ1n) is 9.01. The lowest BCUT2D eigenvalue weighted by Gasteiger charge is -2.31. The maximum absolute atomic E-state index is 13.3. The summed E-state index contributed by atoms with van der Waals surface area (Å²) in [6.07, 6.45) is 0.979. The number of benzene rings is 2. The van der Waals surface area contributed by atoms with Crippen LogP contribution >= 0.6 is 0 Å². The van der Waals surface area contributed by atoms with Crippen LogP contribution in [0.2, 0.25) is 0 Å². The third-order valence-corrected chi connectivity index (χ3v) is 5.01. The Morgan fingerprint density at radius 3 is 2.57 bits per heavy atom. The lowest BCUT2D eigenvalue weighted by molar-refractivity contribution is -0.121. The van der Waals surface area contributed by atoms with Gasteiger partial charge in [-0.3, -0.25) is 14.7 Å². The van der Waals surface area contributed by atoms with Crippen LogP contribution in [0.25, 0.3) is 10.9 Å². The third-order valence-electron chi connectivity index (χ3n) is 5.01. The summed E-state index contributed by atoms with van der Waals surface area (Å²) in [5.74, 6) is -2.70. The molecule has 0 aliphatic carbocycles. The second-order valence-corrected chi connectivity index (χ2v) is 6.80. The van der Waals surface area contributed by atoms with Crippen LogP contribution in [0.15, 0.2) is 42.5 Å². The van der Waals surface area contributed by atoms with E-state index in [9.17, 15) is 18.4 Å². The average Bonchev–Trinajstić information content (AvgIpc) is 3.14. The highest BCUT2D eigenvalue weighted by molar-refractivity contribution is 6.04. The van der Waals surface area contributed by atoms with Crippen LogP contribution in [0.3, 0.4) is 0 Å². The number of likely N-dealkylation sites (tertiary alicyclic amines) is 1. The third kappa shape index (κ3) is 3.45. The quantitative estimate of drug-likeness (QED) is 0.727. The van der Waals surface area contributed by atoms with E-state index in [0.29, 0.717) is 31.6 Å². The van der Waals surface area contributed by atoms with E-state index in [0.717, 1.165) is 23.0 Å². The average molecular weight is 384 g/mol. The number of carbonyl (C=O) groups is 2. The van der Waals surface area contributed by atoms with E-state index in [4.69, 9.17) is 0 Å². The number of aromatic amines is 1. The molecule has 6 nitrogen and oxygen atoms in total. The maximum atomic E-state index is 13.3. The normalized spacial score (nSPS) is 15.0. The van der Waals surface area contributed by atoms with Gasteiger partial charge in [0, 0.05) is 36.1 Å². The van der Waals surface area contributed by atoms with Crippen LogP contribution in [0.5, 0.6) is 0 Å². The lowest BCUT2D eigenvalue weighted by Crippen LogP contribution is -2.41. The summed E-state index contributed by atoms with van der Waals surface area (Å²) in [4.78, 5) is 26.9. The largest absolute Gasteiger partial charge is 0.337 e. The van der Waals surface area contributed by atoms with Crippen molar-refractivity contribution in [3.63, 3.8) is 0 Å². The molecule has 1 aliphatic heterocycles. The standard InChI is InChI=1S/C20H18F2N4O2/c21-15-6-5-13(11-16(15)22)23-19(27)12-7-9-26(10-8-12)20(28)18-14-3-1-2-4-17(14)24-25-18/h1-6,11-12H,7-10H2,(H,23,27)(H,24,25). The maximum Gasteiger partial charge on any atom is 0.274 e. The fraction of sp³-hybridized carbons (Fsp3) is 0.250. The Morgan fingerprint density at radius 1 is 1.07 bits per heavy atom. The van der Waals surface area contributed by atoms with Crippen molar-refractivity contribution in [1.29, 1.82) is 0 Å². The minimum Gasteiger partial charge on any atom is -0.337 e. The second kappa shape index (κ2) is 7.38. The van der Waals surface area contributed by atoms with Gasteiger partial charge in [0.05, 0.1) is 5.52 Å². The number of para-hydroxylation sites is 1. The van der Waals surface area contributed by atoms with Crippen LogP contribution in [0, 0.1) is 17.6 Å². The van der Waals surface area contributed by atoms with Gasteiger partial charge in [-0.2, -0.15) is 5.10 Å². The van der Waals surface area contributed by atoms with Gasteiger partial charge < -0.3 is 10.2 Å². The number of rotatable bonds is 3. The number of fused-ring (bicyclic) bond motifs is 1. The van der Waals surface area contributed by atoms with E-state index in [1.165, 1.54) is 6.07 Å². The molecule has 28 heavy (non-hydrogen) atoms. The van der Waals surface area contributed by atoms with Gasteiger partial charge >= 0.3 is 0 Å². The van der Waals surface area contributed by atoms with Crippen molar-refractivity contribution in [2.45, 2.75) is 12.8 Å². The van der Waals surface area contributed by atoms with E-state index in [-0.39, 0.29) is 23.4 Å². The second-order valence-electron chi connectivity index (χ2n) is 6.80. The minimum absolute atomic E-state index is 0.170. The smallest absolute Gasteiger partial charge is 0.274 e. The zero-order valence-electron chi connectivity index (χ0n) is 14.9. The van der Waals surface area contributed by atoms with Gasteiger partial charge in [-0.25, -0.2) is 8.78 Å². The predicted molar refractivity (Wildman–Crippen MR) is 99.7 cm³/mol. The van der Waals surface area contributed by atoms with Crippen molar-refractivity contribution < 1.29 is 18.4 Å². The van der Waals surface area contributed by atoms with Gasteiger partial charge in [-0.05, 0) is 31.0 Å². The number of carbonyl (C=O) groups excluding carboxylic acids is 2. The van der Waals surface area contributed by atoms with Crippen LogP contribution in [0.1, 0.15) is 23.3 Å². The van der Waals surface area contributed by atoms with E-state index in [1.54, 1.807) is 4.90 Å². The van der Waals surface area contributed by atoms with E-state index in [2.05, 4.69) is 15.5 Å². The molecule has 0 atom stereocenters. The first kappa shape index (κ1) is 18.1. The van der Waals surface area contributed by atoms with Crippen LogP contribution in [-0.2, 0) is 4.79 Å². The molecule has 0 spiro atoms. The molecule has 3 aromatic rings. The molecule has 1 saturated heterocycles. The highest BCUT2D eigenvalue weighted by atomic mass is 19.2. The number of nitrogens with one attached hydrogen (secondary N) is 2. The highest BCUT2D eigenvalue weighted by Crippen LogP contribution is 2.23. The molecule has 0 bridgehead atoms. The molecule has 8 heteroatoms. The first-order chi connectivity index (χ1) is 13.5. The lowest BCUT2D eigenvalue weighted by atomic mass is 9.95. The summed E-state index contributed by atoms with van der Waals surface area (Å²) in [5.41, 5.74) is 1.39. The van der Waals surface area contributed by atoms with E-state index >= 15 is 0 Å². The number of nitrogens with zero attached hydrogens (tertiary/aromatic N) is 2. The molecule has 144 valence electrons. The van der Waals surface area contributed by atoms with Gasteiger partial charge in [0.2, 0.25) is 5.91 Å². The predicted octanol–water partition coefficient (Wildman–Crippen LogP) is 3.33. The molecular weight excluding hydrogens is 366 g/mol. The molecule has 1 fully saturated rings. The first-order valence-corrected chi connectivity index (χ1v) is 9.01. The Labute approximate surface area is 159 Å². The van der Waals surface area contributed by atoms with Crippen LogP contribution in [0.4, 0.5) is 14.5 Å². The number of H-pyrrole nitrogens is 1. The number of piperidine rings is 1. The number of amides is 2. The summed E-state index contributed by atoms with van der Waals surface area (Å²) in [6.45, 7) is 0.853. The summed E-state index contributed by atoms with van der Waals surface area (Å²) < 4.78 is 26.3. The Balaban J connectivity index is 1.38. The Bertz CT molecular complexity index is 1040. The van der Waals surface area contributed by atoms with Crippen molar-refractivity contribution in [1.82, 2.24) is 15.1 Å². The molecular formula is C20H18F2N4O2. The van der Waals surface area contributed by atoms with E-state index in [1.807, 2.05) is 24.3 Å². The fourth-order valence-electron chi connectivity index (χ4n) is 3.44. The zero-order valence-corrected chi connectivity index (χ0v) is 14.9. The molecule has 0 saturated carbocycles. The molecule has 2 aromatic carbocycles. The van der Waals surface area contributed by atoms with Crippen LogP contribution in [-0.4, -0.2) is 40.0 Å². The monoisotopic (exact) mass is 384 g/mol. The van der Waals surface area contributed by atoms with Gasteiger partial charge in [0.15, 0.2) is 17.3 Å². The van der Waals surface area contributed by atoms with Crippen molar-refractivity contribution in [3.8, 4) is 0 Å². The highest BCUT2D eigenvalue weighted by Gasteiger charge is 2.29. The summed E-state index contributed by atoms with van der Waals surface area (Å²) in [7, 11) is 0. The Hall–Kier alpha value is -3.29. The summed E-state index contributed by atoms with van der Waals surface area (Å²) in [6, 6.07) is 10.7. The molecule has 0 unspecified atom stereocenters. The number of hydrogen-bond acceptors (Lipinski definition) is 3. The van der Waals surface area contributed by atoms with E-state index < -0.39 is 11.6 Å². The fourth-order valence-corrected chi connectivity index (χ4v) is 3.44. The summed E-state index contributed by atoms with van der Waals surface area (Å²) in [5, 5.41) is 10.4. The van der Waals surface area contributed by atoms with Crippen molar-refractivity contribution in [2.24, 2.45) is 5.92 Å². The zero-order chi connectivity index (χ0) is 19.7. The molecule has 1 aliphatic rings. The van der Waals surface area contributed by atoms with Gasteiger partial charge in [-0.1, -0.05) is 18.2 Å². The van der Waals surface area contributed by atoms with Crippen molar-refractivity contribution >= 4 is 28.4 Å². The molecule has 0 radical (unpaired) electrons. The molecule has 2 heterocycles. The van der Waals surface area contributed by atoms with Gasteiger partial charge in [-0.15, -0.1) is 0 Å². The molecule has 2 N–H and O–H groups in total. The SMILES string of the molecule is O=C(Nc1ccc(F)c(F)c1)C1CCN(C(=O)c2n[nH]c3ccccc23)CC1. The molecule has 2 amide bonds. The van der Waals surface area contributed by atoms with Crippen LogP contribution < -0.4 is 5.32 Å². The van der Waals surface area contributed by atoms with Crippen molar-refractivity contribution in [3.05, 3.63) is 59.8 Å².